The zero-order chi connectivity index (χ0) is 22.9. The molecule has 0 aliphatic heterocycles. The summed E-state index contributed by atoms with van der Waals surface area (Å²) in [5.74, 6) is 0.0499. The van der Waals surface area contributed by atoms with Crippen LogP contribution in [0.1, 0.15) is 52.1 Å². The van der Waals surface area contributed by atoms with Crippen LogP contribution in [0.25, 0.3) is 4.90 Å². The maximum atomic E-state index is 13.4. The Kier molecular flexibility index (Phi) is 6.38. The zero-order valence-electron chi connectivity index (χ0n) is 19.2. The third kappa shape index (κ3) is 4.44. The molecule has 32 heavy (non-hydrogen) atoms. The molecule has 168 valence electrons. The number of ether oxygens (including phenoxy) is 2. The summed E-state index contributed by atoms with van der Waals surface area (Å²) in [5.41, 5.74) is 2.20. The fourth-order valence-electron chi connectivity index (χ4n) is 4.78. The first-order valence-electron chi connectivity index (χ1n) is 11.1. The molecule has 1 fully saturated rings. The number of rotatable bonds is 6. The van der Waals surface area contributed by atoms with Gasteiger partial charge in [-0.1, -0.05) is 12.1 Å². The second-order valence-electron chi connectivity index (χ2n) is 8.72. The Morgan fingerprint density at radius 3 is 2.06 bits per heavy atom. The van der Waals surface area contributed by atoms with E-state index in [0.717, 1.165) is 48.1 Å². The molecule has 1 aliphatic carbocycles. The number of carbonyl (C=O) groups excluding carboxylic acids is 1. The average Bonchev–Trinajstić information content (AvgIpc) is 3.34. The van der Waals surface area contributed by atoms with Crippen LogP contribution >= 0.6 is 10.5 Å². The molecule has 0 radical (unpaired) electrons. The lowest BCUT2D eigenvalue weighted by atomic mass is 9.92. The van der Waals surface area contributed by atoms with Crippen LogP contribution in [0.3, 0.4) is 0 Å². The molecule has 0 saturated heterocycles. The number of thiophene rings is 1. The number of esters is 1. The Morgan fingerprint density at radius 2 is 1.50 bits per heavy atom. The fourth-order valence-corrected chi connectivity index (χ4v) is 7.03. The van der Waals surface area contributed by atoms with Crippen LogP contribution in [-0.4, -0.2) is 12.6 Å². The normalized spacial score (nSPS) is 15.0. The Morgan fingerprint density at radius 1 is 0.938 bits per heavy atom. The van der Waals surface area contributed by atoms with Crippen molar-refractivity contribution in [2.24, 2.45) is 0 Å². The van der Waals surface area contributed by atoms with E-state index in [0.29, 0.717) is 0 Å². The van der Waals surface area contributed by atoms with Gasteiger partial charge in [-0.3, -0.25) is 0 Å². The van der Waals surface area contributed by atoms with Gasteiger partial charge in [-0.15, -0.1) is 0 Å². The number of hydrogen-bond acceptors (Lipinski definition) is 3. The minimum absolute atomic E-state index is 0.00532. The predicted octanol–water partition coefficient (Wildman–Crippen LogP) is 7.19. The van der Waals surface area contributed by atoms with Crippen LogP contribution in [0.15, 0.2) is 48.5 Å². The molecular weight excluding hydrogens is 423 g/mol. The summed E-state index contributed by atoms with van der Waals surface area (Å²) in [7, 11) is -0.00532. The van der Waals surface area contributed by atoms with Gasteiger partial charge in [0.05, 0.1) is 0 Å². The molecule has 0 bridgehead atoms. The van der Waals surface area contributed by atoms with Crippen molar-refractivity contribution < 1.29 is 18.7 Å². The minimum Gasteiger partial charge on any atom is -0.481 e. The van der Waals surface area contributed by atoms with Crippen molar-refractivity contribution in [3.8, 4) is 10.6 Å². The first kappa shape index (κ1) is 22.5. The summed E-state index contributed by atoms with van der Waals surface area (Å²) in [4.78, 5) is 16.8. The van der Waals surface area contributed by atoms with Crippen molar-refractivity contribution in [3.05, 3.63) is 80.8 Å². The Labute approximate surface area is 192 Å². The van der Waals surface area contributed by atoms with E-state index in [1.54, 1.807) is 12.1 Å². The predicted molar refractivity (Wildman–Crippen MR) is 127 cm³/mol. The van der Waals surface area contributed by atoms with Gasteiger partial charge in [0.1, 0.15) is 17.2 Å². The lowest BCUT2D eigenvalue weighted by Gasteiger charge is -2.29. The SMILES string of the molecule is Cc1cc(-[s+]2c(C)ccc2C)cc(C)c1OCC(=O)OC1(c2ccc(F)cc2)CCCC1. The summed E-state index contributed by atoms with van der Waals surface area (Å²) in [5, 5.41) is 0. The van der Waals surface area contributed by atoms with E-state index in [-0.39, 0.29) is 22.9 Å². The fraction of sp³-hybridized carbons (Fsp3) is 0.370. The molecule has 3 aromatic rings. The summed E-state index contributed by atoms with van der Waals surface area (Å²) < 4.78 is 25.3. The highest BCUT2D eigenvalue weighted by molar-refractivity contribution is 7.39. The molecule has 0 spiro atoms. The molecule has 0 amide bonds. The molecule has 0 unspecified atom stereocenters. The molecule has 3 nitrogen and oxygen atoms in total. The van der Waals surface area contributed by atoms with Gasteiger partial charge in [-0.25, -0.2) is 9.18 Å². The van der Waals surface area contributed by atoms with Gasteiger partial charge >= 0.3 is 5.97 Å². The van der Waals surface area contributed by atoms with Crippen LogP contribution < -0.4 is 4.74 Å². The van der Waals surface area contributed by atoms with Gasteiger partial charge in [-0.05, 0) is 80.5 Å². The first-order chi connectivity index (χ1) is 15.3. The summed E-state index contributed by atoms with van der Waals surface area (Å²) in [6.07, 6.45) is 3.46. The molecule has 4 rings (SSSR count). The largest absolute Gasteiger partial charge is 0.481 e. The highest BCUT2D eigenvalue weighted by atomic mass is 32.2. The van der Waals surface area contributed by atoms with Gasteiger partial charge in [-0.2, -0.15) is 0 Å². The van der Waals surface area contributed by atoms with Gasteiger partial charge < -0.3 is 9.47 Å². The van der Waals surface area contributed by atoms with E-state index < -0.39 is 11.6 Å². The van der Waals surface area contributed by atoms with Gasteiger partial charge in [0.25, 0.3) is 0 Å². The highest BCUT2D eigenvalue weighted by Gasteiger charge is 2.39. The maximum absolute atomic E-state index is 13.4. The van der Waals surface area contributed by atoms with Crippen molar-refractivity contribution in [2.75, 3.05) is 6.61 Å². The molecule has 0 N–H and O–H groups in total. The smallest absolute Gasteiger partial charge is 0.345 e. The van der Waals surface area contributed by atoms with Crippen LogP contribution in [0.4, 0.5) is 4.39 Å². The first-order valence-corrected chi connectivity index (χ1v) is 12.3. The van der Waals surface area contributed by atoms with Crippen molar-refractivity contribution in [1.82, 2.24) is 0 Å². The van der Waals surface area contributed by atoms with Crippen LogP contribution in [-0.2, 0) is 15.1 Å². The number of hydrogen-bond donors (Lipinski definition) is 0. The zero-order valence-corrected chi connectivity index (χ0v) is 20.0. The molecule has 5 heteroatoms. The Hall–Kier alpha value is -2.66. The standard InChI is InChI=1S/C27H30FO3S/c1-18-15-24(32-20(3)7-8-21(32)4)16-19(2)26(18)30-17-25(29)31-27(13-5-6-14-27)22-9-11-23(28)12-10-22/h7-12,15-16H,5-6,13-14,17H2,1-4H3/q+1. The van der Waals surface area contributed by atoms with E-state index >= 15 is 0 Å². The summed E-state index contributed by atoms with van der Waals surface area (Å²) >= 11 is 0. The summed E-state index contributed by atoms with van der Waals surface area (Å²) in [6, 6.07) is 15.0. The van der Waals surface area contributed by atoms with Gasteiger partial charge in [0, 0.05) is 36.5 Å². The van der Waals surface area contributed by atoms with E-state index in [1.165, 1.54) is 26.8 Å². The summed E-state index contributed by atoms with van der Waals surface area (Å²) in [6.45, 7) is 8.23. The van der Waals surface area contributed by atoms with E-state index in [2.05, 4.69) is 38.1 Å². The van der Waals surface area contributed by atoms with Crippen LogP contribution in [0, 0.1) is 33.5 Å². The van der Waals surface area contributed by atoms with E-state index in [4.69, 9.17) is 9.47 Å². The second-order valence-corrected chi connectivity index (χ2v) is 11.1. The van der Waals surface area contributed by atoms with Crippen molar-refractivity contribution >= 4 is 16.4 Å². The molecule has 2 aromatic carbocycles. The molecule has 1 aliphatic rings. The van der Waals surface area contributed by atoms with Crippen molar-refractivity contribution in [2.45, 2.75) is 59.0 Å². The molecule has 1 saturated carbocycles. The highest BCUT2D eigenvalue weighted by Crippen LogP contribution is 2.43. The van der Waals surface area contributed by atoms with E-state index in [9.17, 15) is 9.18 Å². The second kappa shape index (κ2) is 9.07. The monoisotopic (exact) mass is 453 g/mol. The molecule has 1 heterocycles. The van der Waals surface area contributed by atoms with Crippen molar-refractivity contribution in [1.29, 1.82) is 0 Å². The maximum Gasteiger partial charge on any atom is 0.345 e. The lowest BCUT2D eigenvalue weighted by molar-refractivity contribution is -0.163. The number of carbonyl (C=O) groups is 1. The molecule has 0 atom stereocenters. The van der Waals surface area contributed by atoms with Crippen LogP contribution in [0.2, 0.25) is 0 Å². The minimum atomic E-state index is -0.681. The Bertz CT molecular complexity index is 1080. The molecular formula is C27H30FO3S+. The number of aryl methyl sites for hydroxylation is 4. The van der Waals surface area contributed by atoms with Crippen LogP contribution in [0.5, 0.6) is 5.75 Å². The van der Waals surface area contributed by atoms with Gasteiger partial charge in [0.2, 0.25) is 0 Å². The quantitative estimate of drug-likeness (QED) is 0.293. The third-order valence-electron chi connectivity index (χ3n) is 6.29. The van der Waals surface area contributed by atoms with Gasteiger partial charge in [0.15, 0.2) is 21.3 Å². The molecule has 1 aromatic heterocycles. The number of halogens is 1. The van der Waals surface area contributed by atoms with Crippen molar-refractivity contribution in [3.63, 3.8) is 0 Å². The van der Waals surface area contributed by atoms with E-state index in [1.807, 2.05) is 13.8 Å². The number of benzene rings is 2. The topological polar surface area (TPSA) is 35.5 Å². The Balaban J connectivity index is 1.48. The average molecular weight is 454 g/mol. The third-order valence-corrected chi connectivity index (χ3v) is 8.56. The lowest BCUT2D eigenvalue weighted by Crippen LogP contribution is -2.32.